The van der Waals surface area contributed by atoms with E-state index in [1.807, 2.05) is 60.4 Å². The van der Waals surface area contributed by atoms with Crippen molar-refractivity contribution in [2.24, 2.45) is 0 Å². The van der Waals surface area contributed by atoms with Crippen molar-refractivity contribution in [3.05, 3.63) is 48.5 Å². The number of carbonyl (C=O) groups is 1. The molecular formula is C21H25N3O3S. The van der Waals surface area contributed by atoms with Crippen LogP contribution in [-0.2, 0) is 4.79 Å². The molecule has 0 spiro atoms. The third kappa shape index (κ3) is 5.36. The SMILES string of the molecule is COc1ccc(OCC(C)NC(=S)Nc2ccc(N3CCCC3=O)cc2)cc1. The Bertz CT molecular complexity index is 809. The van der Waals surface area contributed by atoms with Gasteiger partial charge in [0.2, 0.25) is 5.91 Å². The molecule has 6 nitrogen and oxygen atoms in total. The first kappa shape index (κ1) is 19.9. The largest absolute Gasteiger partial charge is 0.497 e. The summed E-state index contributed by atoms with van der Waals surface area (Å²) >= 11 is 5.38. The molecule has 0 saturated carbocycles. The van der Waals surface area contributed by atoms with Crippen LogP contribution in [0.1, 0.15) is 19.8 Å². The number of methoxy groups -OCH3 is 1. The molecule has 28 heavy (non-hydrogen) atoms. The second-order valence-corrected chi connectivity index (χ2v) is 7.09. The van der Waals surface area contributed by atoms with Gasteiger partial charge in [0.1, 0.15) is 18.1 Å². The fourth-order valence-corrected chi connectivity index (χ4v) is 3.29. The smallest absolute Gasteiger partial charge is 0.227 e. The number of ether oxygens (including phenoxy) is 2. The summed E-state index contributed by atoms with van der Waals surface area (Å²) in [4.78, 5) is 13.6. The summed E-state index contributed by atoms with van der Waals surface area (Å²) in [6, 6.07) is 15.2. The van der Waals surface area contributed by atoms with Gasteiger partial charge in [0.25, 0.3) is 0 Å². The molecule has 148 valence electrons. The van der Waals surface area contributed by atoms with E-state index in [9.17, 15) is 4.79 Å². The Hall–Kier alpha value is -2.80. The molecule has 1 unspecified atom stereocenters. The first-order chi connectivity index (χ1) is 13.5. The van der Waals surface area contributed by atoms with Crippen molar-refractivity contribution >= 4 is 34.6 Å². The van der Waals surface area contributed by atoms with Crippen molar-refractivity contribution in [1.29, 1.82) is 0 Å². The zero-order valence-electron chi connectivity index (χ0n) is 16.1. The van der Waals surface area contributed by atoms with Gasteiger partial charge in [-0.05, 0) is 74.1 Å². The van der Waals surface area contributed by atoms with E-state index in [4.69, 9.17) is 21.7 Å². The van der Waals surface area contributed by atoms with Crippen LogP contribution in [0.15, 0.2) is 48.5 Å². The first-order valence-corrected chi connectivity index (χ1v) is 9.71. The molecule has 0 aliphatic carbocycles. The van der Waals surface area contributed by atoms with Crippen LogP contribution in [-0.4, -0.2) is 37.3 Å². The Morgan fingerprint density at radius 2 is 1.82 bits per heavy atom. The van der Waals surface area contributed by atoms with E-state index >= 15 is 0 Å². The minimum atomic E-state index is 0.0311. The van der Waals surface area contributed by atoms with Gasteiger partial charge in [-0.2, -0.15) is 0 Å². The summed E-state index contributed by atoms with van der Waals surface area (Å²) in [5.41, 5.74) is 1.80. The number of nitrogens with zero attached hydrogens (tertiary/aromatic N) is 1. The fraction of sp³-hybridized carbons (Fsp3) is 0.333. The summed E-state index contributed by atoms with van der Waals surface area (Å²) < 4.78 is 10.9. The molecule has 0 radical (unpaired) electrons. The van der Waals surface area contributed by atoms with Gasteiger partial charge in [-0.3, -0.25) is 4.79 Å². The minimum Gasteiger partial charge on any atom is -0.497 e. The van der Waals surface area contributed by atoms with Gasteiger partial charge in [0, 0.05) is 24.3 Å². The molecule has 2 N–H and O–H groups in total. The van der Waals surface area contributed by atoms with Gasteiger partial charge in [-0.15, -0.1) is 0 Å². The molecule has 1 heterocycles. The van der Waals surface area contributed by atoms with Crippen molar-refractivity contribution in [3.63, 3.8) is 0 Å². The summed E-state index contributed by atoms with van der Waals surface area (Å²) in [5.74, 6) is 1.76. The predicted molar refractivity (Wildman–Crippen MR) is 115 cm³/mol. The third-order valence-corrected chi connectivity index (χ3v) is 4.67. The highest BCUT2D eigenvalue weighted by Gasteiger charge is 2.21. The molecular weight excluding hydrogens is 374 g/mol. The molecule has 0 bridgehead atoms. The van der Waals surface area contributed by atoms with E-state index < -0.39 is 0 Å². The monoisotopic (exact) mass is 399 g/mol. The number of anilines is 2. The van der Waals surface area contributed by atoms with Crippen molar-refractivity contribution in [3.8, 4) is 11.5 Å². The van der Waals surface area contributed by atoms with Crippen molar-refractivity contribution < 1.29 is 14.3 Å². The molecule has 2 aromatic rings. The van der Waals surface area contributed by atoms with Crippen LogP contribution in [0.2, 0.25) is 0 Å². The zero-order chi connectivity index (χ0) is 19.9. The number of hydrogen-bond acceptors (Lipinski definition) is 4. The van der Waals surface area contributed by atoms with Crippen LogP contribution in [0.25, 0.3) is 0 Å². The van der Waals surface area contributed by atoms with Gasteiger partial charge in [-0.25, -0.2) is 0 Å². The number of benzene rings is 2. The number of thiocarbonyl (C=S) groups is 1. The molecule has 0 aromatic heterocycles. The maximum atomic E-state index is 11.8. The Kier molecular flexibility index (Phi) is 6.71. The van der Waals surface area contributed by atoms with Crippen molar-refractivity contribution in [1.82, 2.24) is 5.32 Å². The molecule has 1 aliphatic heterocycles. The highest BCUT2D eigenvalue weighted by Crippen LogP contribution is 2.23. The van der Waals surface area contributed by atoms with E-state index in [-0.39, 0.29) is 11.9 Å². The Morgan fingerprint density at radius 1 is 1.14 bits per heavy atom. The standard InChI is InChI=1S/C21H25N3O3S/c1-15(14-27-19-11-9-18(26-2)10-12-19)22-21(28)23-16-5-7-17(8-6-16)24-13-3-4-20(24)25/h5-12,15H,3-4,13-14H2,1-2H3,(H2,22,23,28). The van der Waals surface area contributed by atoms with Crippen LogP contribution in [0, 0.1) is 0 Å². The molecule has 2 aromatic carbocycles. The maximum absolute atomic E-state index is 11.8. The van der Waals surface area contributed by atoms with E-state index in [1.54, 1.807) is 7.11 Å². The first-order valence-electron chi connectivity index (χ1n) is 9.30. The lowest BCUT2D eigenvalue weighted by Gasteiger charge is -2.19. The number of carbonyl (C=O) groups excluding carboxylic acids is 1. The highest BCUT2D eigenvalue weighted by molar-refractivity contribution is 7.80. The van der Waals surface area contributed by atoms with Crippen LogP contribution in [0.3, 0.4) is 0 Å². The van der Waals surface area contributed by atoms with Gasteiger partial charge in [0.15, 0.2) is 5.11 Å². The van der Waals surface area contributed by atoms with E-state index in [1.165, 1.54) is 0 Å². The normalized spacial score (nSPS) is 14.5. The molecule has 3 rings (SSSR count). The van der Waals surface area contributed by atoms with Gasteiger partial charge in [0.05, 0.1) is 13.2 Å². The predicted octanol–water partition coefficient (Wildman–Crippen LogP) is 3.58. The molecule has 1 fully saturated rings. The molecule has 1 aliphatic rings. The van der Waals surface area contributed by atoms with E-state index in [0.717, 1.165) is 35.8 Å². The van der Waals surface area contributed by atoms with Gasteiger partial charge in [-0.1, -0.05) is 0 Å². The zero-order valence-corrected chi connectivity index (χ0v) is 16.9. The summed E-state index contributed by atoms with van der Waals surface area (Å²) in [5, 5.41) is 6.89. The minimum absolute atomic E-state index is 0.0311. The van der Waals surface area contributed by atoms with Crippen molar-refractivity contribution in [2.45, 2.75) is 25.8 Å². The summed E-state index contributed by atoms with van der Waals surface area (Å²) in [7, 11) is 1.63. The Labute approximate surface area is 170 Å². The molecule has 1 amide bonds. The summed E-state index contributed by atoms with van der Waals surface area (Å²) in [6.07, 6.45) is 1.55. The molecule has 1 saturated heterocycles. The average molecular weight is 400 g/mol. The van der Waals surface area contributed by atoms with Crippen LogP contribution < -0.4 is 25.0 Å². The topological polar surface area (TPSA) is 62.8 Å². The van der Waals surface area contributed by atoms with Crippen LogP contribution in [0.4, 0.5) is 11.4 Å². The Morgan fingerprint density at radius 3 is 2.43 bits per heavy atom. The molecule has 7 heteroatoms. The van der Waals surface area contributed by atoms with E-state index in [0.29, 0.717) is 18.1 Å². The summed E-state index contributed by atoms with van der Waals surface area (Å²) in [6.45, 7) is 3.26. The third-order valence-electron chi connectivity index (χ3n) is 4.45. The lowest BCUT2D eigenvalue weighted by Crippen LogP contribution is -2.39. The fourth-order valence-electron chi connectivity index (χ4n) is 2.97. The van der Waals surface area contributed by atoms with Crippen LogP contribution in [0.5, 0.6) is 11.5 Å². The van der Waals surface area contributed by atoms with E-state index in [2.05, 4.69) is 10.6 Å². The second kappa shape index (κ2) is 9.41. The lowest BCUT2D eigenvalue weighted by molar-refractivity contribution is -0.117. The van der Waals surface area contributed by atoms with Gasteiger partial charge >= 0.3 is 0 Å². The number of hydrogen-bond donors (Lipinski definition) is 2. The van der Waals surface area contributed by atoms with Crippen molar-refractivity contribution in [2.75, 3.05) is 30.5 Å². The van der Waals surface area contributed by atoms with Crippen LogP contribution >= 0.6 is 12.2 Å². The highest BCUT2D eigenvalue weighted by atomic mass is 32.1. The number of nitrogens with one attached hydrogen (secondary N) is 2. The maximum Gasteiger partial charge on any atom is 0.227 e. The Balaban J connectivity index is 1.44. The average Bonchev–Trinajstić information content (AvgIpc) is 3.13. The number of amides is 1. The molecule has 1 atom stereocenters. The quantitative estimate of drug-likeness (QED) is 0.694. The van der Waals surface area contributed by atoms with Gasteiger partial charge < -0.3 is 25.0 Å². The lowest BCUT2D eigenvalue weighted by atomic mass is 10.2. The number of rotatable bonds is 7. The second-order valence-electron chi connectivity index (χ2n) is 6.68.